The molecule has 0 fully saturated rings. The molecule has 0 bridgehead atoms. The van der Waals surface area contributed by atoms with E-state index >= 15 is 0 Å². The Balaban J connectivity index is 3.73. The highest BCUT2D eigenvalue weighted by molar-refractivity contribution is 7.85. The third-order valence-electron chi connectivity index (χ3n) is 2.73. The largest absolute Gasteiger partial charge is 0.463 e. The fraction of sp³-hybridized carbons (Fsp3) is 0.750. The molecule has 0 aromatic rings. The van der Waals surface area contributed by atoms with Crippen molar-refractivity contribution in [3.05, 3.63) is 12.7 Å². The molecule has 0 aromatic heterocycles. The van der Waals surface area contributed by atoms with Crippen molar-refractivity contribution in [2.75, 3.05) is 39.5 Å². The van der Waals surface area contributed by atoms with Gasteiger partial charge in [-0.1, -0.05) is 6.58 Å². The molecule has 0 amide bonds. The van der Waals surface area contributed by atoms with E-state index in [1.807, 2.05) is 14.1 Å². The zero-order valence-electron chi connectivity index (χ0n) is 11.7. The maximum atomic E-state index is 10.8. The van der Waals surface area contributed by atoms with Crippen LogP contribution in [0.1, 0.15) is 19.3 Å². The molecule has 0 rings (SSSR count). The Hall–Kier alpha value is -0.920. The fourth-order valence-electron chi connectivity index (χ4n) is 1.66. The first-order valence-electron chi connectivity index (χ1n) is 6.23. The summed E-state index contributed by atoms with van der Waals surface area (Å²) >= 11 is 0. The maximum Gasteiger partial charge on any atom is 0.330 e. The number of hydrogen-bond acceptors (Lipinski definition) is 4. The van der Waals surface area contributed by atoms with E-state index in [0.29, 0.717) is 24.1 Å². The zero-order valence-corrected chi connectivity index (χ0v) is 12.5. The summed E-state index contributed by atoms with van der Waals surface area (Å²) in [6, 6.07) is 0. The summed E-state index contributed by atoms with van der Waals surface area (Å²) in [4.78, 5) is 10.8. The summed E-state index contributed by atoms with van der Waals surface area (Å²) in [5.74, 6) is -0.618. The first-order chi connectivity index (χ1) is 8.66. The molecule has 0 atom stereocenters. The number of nitrogens with zero attached hydrogens (tertiary/aromatic N) is 1. The number of quaternary nitrogens is 1. The third kappa shape index (κ3) is 11.9. The number of carbonyl (C=O) groups excluding carboxylic acids is 1. The molecule has 0 radical (unpaired) electrons. The minimum atomic E-state index is -3.87. The standard InChI is InChI=1S/C12H23NO5S/c1-4-12(14)18-10-6-5-8-13(2,3)9-7-11-19(15,16)17/h4H,1,5-11H2,2-3H3/p+1. The van der Waals surface area contributed by atoms with Crippen molar-refractivity contribution >= 4 is 16.1 Å². The van der Waals surface area contributed by atoms with Crippen LogP contribution in [-0.4, -0.2) is 63.0 Å². The maximum absolute atomic E-state index is 10.8. The van der Waals surface area contributed by atoms with Crippen LogP contribution in [0.4, 0.5) is 0 Å². The topological polar surface area (TPSA) is 80.7 Å². The highest BCUT2D eigenvalue weighted by atomic mass is 32.2. The van der Waals surface area contributed by atoms with E-state index in [4.69, 9.17) is 9.29 Å². The lowest BCUT2D eigenvalue weighted by Gasteiger charge is -2.29. The molecule has 0 saturated heterocycles. The number of hydrogen-bond donors (Lipinski definition) is 1. The first-order valence-corrected chi connectivity index (χ1v) is 7.83. The van der Waals surface area contributed by atoms with Crippen LogP contribution in [0, 0.1) is 0 Å². The smallest absolute Gasteiger partial charge is 0.330 e. The van der Waals surface area contributed by atoms with E-state index in [1.165, 1.54) is 0 Å². The van der Waals surface area contributed by atoms with Gasteiger partial charge >= 0.3 is 5.97 Å². The monoisotopic (exact) mass is 294 g/mol. The van der Waals surface area contributed by atoms with Crippen LogP contribution < -0.4 is 0 Å². The van der Waals surface area contributed by atoms with Crippen molar-refractivity contribution < 1.29 is 27.0 Å². The van der Waals surface area contributed by atoms with Crippen LogP contribution in [0.5, 0.6) is 0 Å². The average molecular weight is 294 g/mol. The van der Waals surface area contributed by atoms with E-state index in [2.05, 4.69) is 6.58 Å². The van der Waals surface area contributed by atoms with Gasteiger partial charge in [-0.3, -0.25) is 4.55 Å². The van der Waals surface area contributed by atoms with Crippen LogP contribution in [-0.2, 0) is 19.6 Å². The van der Waals surface area contributed by atoms with Gasteiger partial charge in [-0.2, -0.15) is 8.42 Å². The Morgan fingerprint density at radius 1 is 1.26 bits per heavy atom. The van der Waals surface area contributed by atoms with Crippen molar-refractivity contribution in [1.29, 1.82) is 0 Å². The molecule has 0 aliphatic heterocycles. The average Bonchev–Trinajstić information content (AvgIpc) is 2.25. The van der Waals surface area contributed by atoms with Crippen LogP contribution in [0.15, 0.2) is 12.7 Å². The van der Waals surface area contributed by atoms with Gasteiger partial charge in [0.05, 0.1) is 39.5 Å². The van der Waals surface area contributed by atoms with E-state index < -0.39 is 16.1 Å². The van der Waals surface area contributed by atoms with Gasteiger partial charge in [0.1, 0.15) is 0 Å². The number of unbranched alkanes of at least 4 members (excludes halogenated alkanes) is 1. The summed E-state index contributed by atoms with van der Waals surface area (Å²) in [7, 11) is 0.134. The molecular formula is C12H24NO5S+. The first kappa shape index (κ1) is 18.1. The summed E-state index contributed by atoms with van der Waals surface area (Å²) < 4.78 is 35.4. The lowest BCUT2D eigenvalue weighted by atomic mass is 10.2. The van der Waals surface area contributed by atoms with Crippen LogP contribution in [0.2, 0.25) is 0 Å². The van der Waals surface area contributed by atoms with Crippen molar-refractivity contribution in [2.24, 2.45) is 0 Å². The van der Waals surface area contributed by atoms with Gasteiger partial charge < -0.3 is 9.22 Å². The molecule has 7 heteroatoms. The van der Waals surface area contributed by atoms with Crippen molar-refractivity contribution in [2.45, 2.75) is 19.3 Å². The van der Waals surface area contributed by atoms with Gasteiger partial charge in [-0.25, -0.2) is 4.79 Å². The van der Waals surface area contributed by atoms with Gasteiger partial charge in [0.15, 0.2) is 0 Å². The molecule has 0 aliphatic carbocycles. The molecule has 112 valence electrons. The quantitative estimate of drug-likeness (QED) is 0.212. The van der Waals surface area contributed by atoms with Crippen molar-refractivity contribution in [3.8, 4) is 0 Å². The Kier molecular flexibility index (Phi) is 7.89. The molecule has 0 spiro atoms. The normalized spacial score (nSPS) is 12.2. The number of ether oxygens (including phenoxy) is 1. The Labute approximate surface area is 115 Å². The van der Waals surface area contributed by atoms with Gasteiger partial charge in [0, 0.05) is 12.5 Å². The number of rotatable bonds is 10. The van der Waals surface area contributed by atoms with E-state index in [9.17, 15) is 13.2 Å². The Morgan fingerprint density at radius 2 is 1.84 bits per heavy atom. The predicted octanol–water partition coefficient (Wildman–Crippen LogP) is 0.850. The third-order valence-corrected chi connectivity index (χ3v) is 3.54. The minimum absolute atomic E-state index is 0.203. The second-order valence-electron chi connectivity index (χ2n) is 5.10. The van der Waals surface area contributed by atoms with Crippen molar-refractivity contribution in [1.82, 2.24) is 0 Å². The second kappa shape index (κ2) is 8.29. The molecule has 0 aliphatic rings. The molecular weight excluding hydrogens is 270 g/mol. The highest BCUT2D eigenvalue weighted by Gasteiger charge is 2.16. The SMILES string of the molecule is C=CC(=O)OCCCC[N+](C)(C)CCCS(=O)(=O)O. The van der Waals surface area contributed by atoms with Gasteiger partial charge in [-0.15, -0.1) is 0 Å². The molecule has 0 saturated carbocycles. The second-order valence-corrected chi connectivity index (χ2v) is 6.67. The predicted molar refractivity (Wildman–Crippen MR) is 73.3 cm³/mol. The molecule has 0 unspecified atom stereocenters. The van der Waals surface area contributed by atoms with Crippen LogP contribution in [0.25, 0.3) is 0 Å². The van der Waals surface area contributed by atoms with E-state index in [1.54, 1.807) is 0 Å². The highest BCUT2D eigenvalue weighted by Crippen LogP contribution is 2.04. The van der Waals surface area contributed by atoms with Gasteiger partial charge in [0.2, 0.25) is 0 Å². The lowest BCUT2D eigenvalue weighted by Crippen LogP contribution is -2.41. The fourth-order valence-corrected chi connectivity index (χ4v) is 2.15. The molecule has 0 heterocycles. The zero-order chi connectivity index (χ0) is 14.9. The lowest BCUT2D eigenvalue weighted by molar-refractivity contribution is -0.890. The van der Waals surface area contributed by atoms with Crippen LogP contribution >= 0.6 is 0 Å². The Morgan fingerprint density at radius 3 is 2.37 bits per heavy atom. The molecule has 6 nitrogen and oxygen atoms in total. The minimum Gasteiger partial charge on any atom is -0.463 e. The molecule has 19 heavy (non-hydrogen) atoms. The number of carbonyl (C=O) groups is 1. The van der Waals surface area contributed by atoms with Crippen LogP contribution in [0.3, 0.4) is 0 Å². The van der Waals surface area contributed by atoms with E-state index in [-0.39, 0.29) is 5.75 Å². The van der Waals surface area contributed by atoms with Gasteiger partial charge in [-0.05, 0) is 12.8 Å². The summed E-state index contributed by atoms with van der Waals surface area (Å²) in [6.45, 7) is 5.21. The molecule has 1 N–H and O–H groups in total. The summed E-state index contributed by atoms with van der Waals surface area (Å²) in [5, 5.41) is 0. The molecule has 0 aromatic carbocycles. The number of esters is 1. The summed E-state index contributed by atoms with van der Waals surface area (Å²) in [5.41, 5.74) is 0. The van der Waals surface area contributed by atoms with Crippen molar-refractivity contribution in [3.63, 3.8) is 0 Å². The summed E-state index contributed by atoms with van der Waals surface area (Å²) in [6.07, 6.45) is 3.20. The Bertz CT molecular complexity index is 389. The van der Waals surface area contributed by atoms with Gasteiger partial charge in [0.25, 0.3) is 10.1 Å². The van der Waals surface area contributed by atoms with E-state index in [0.717, 1.165) is 25.5 Å².